The molecule has 0 atom stereocenters. The van der Waals surface area contributed by atoms with E-state index in [1.807, 2.05) is 32.9 Å². The molecule has 0 aromatic carbocycles. The number of rotatable bonds is 3. The molecule has 0 radical (unpaired) electrons. The number of pyridine rings is 1. The Bertz CT molecular complexity index is 261. The summed E-state index contributed by atoms with van der Waals surface area (Å²) in [5.41, 5.74) is 6.57. The van der Waals surface area contributed by atoms with Crippen LogP contribution in [0.2, 0.25) is 0 Å². The molecule has 0 bridgehead atoms. The Morgan fingerprint density at radius 1 is 1.46 bits per heavy atom. The van der Waals surface area contributed by atoms with E-state index >= 15 is 0 Å². The smallest absolute Gasteiger partial charge is 0.213 e. The predicted molar refractivity (Wildman–Crippen MR) is 52.7 cm³/mol. The standard InChI is InChI=1S/C10H16N2O/c1-8-4-5-9(12-6-8)13-7-10(2,3)11/h4-6H,7,11H2,1-3H3. The number of aromatic nitrogens is 1. The summed E-state index contributed by atoms with van der Waals surface area (Å²) >= 11 is 0. The van der Waals surface area contributed by atoms with Crippen LogP contribution < -0.4 is 10.5 Å². The Hall–Kier alpha value is -1.09. The number of hydrogen-bond donors (Lipinski definition) is 1. The third kappa shape index (κ3) is 3.90. The van der Waals surface area contributed by atoms with Crippen molar-refractivity contribution >= 4 is 0 Å². The highest BCUT2D eigenvalue weighted by Crippen LogP contribution is 2.08. The zero-order valence-electron chi connectivity index (χ0n) is 8.37. The molecule has 13 heavy (non-hydrogen) atoms. The minimum absolute atomic E-state index is 0.313. The van der Waals surface area contributed by atoms with Crippen molar-refractivity contribution in [3.63, 3.8) is 0 Å². The van der Waals surface area contributed by atoms with Gasteiger partial charge in [0.15, 0.2) is 0 Å². The van der Waals surface area contributed by atoms with Gasteiger partial charge in [0, 0.05) is 17.8 Å². The molecule has 0 unspecified atom stereocenters. The molecule has 0 fully saturated rings. The molecule has 0 saturated carbocycles. The molecule has 0 aliphatic rings. The van der Waals surface area contributed by atoms with Crippen molar-refractivity contribution in [1.29, 1.82) is 0 Å². The molecule has 0 aliphatic carbocycles. The number of ether oxygens (including phenoxy) is 1. The van der Waals surface area contributed by atoms with Crippen LogP contribution in [0.15, 0.2) is 18.3 Å². The minimum Gasteiger partial charge on any atom is -0.476 e. The quantitative estimate of drug-likeness (QED) is 0.767. The fourth-order valence-electron chi connectivity index (χ4n) is 0.800. The van der Waals surface area contributed by atoms with Crippen molar-refractivity contribution in [2.75, 3.05) is 6.61 Å². The van der Waals surface area contributed by atoms with Crippen LogP contribution in [0.5, 0.6) is 5.88 Å². The van der Waals surface area contributed by atoms with Crippen LogP contribution in [-0.2, 0) is 0 Å². The number of hydrogen-bond acceptors (Lipinski definition) is 3. The van der Waals surface area contributed by atoms with Gasteiger partial charge in [-0.1, -0.05) is 6.07 Å². The average molecular weight is 180 g/mol. The van der Waals surface area contributed by atoms with Gasteiger partial charge in [-0.15, -0.1) is 0 Å². The number of nitrogens with two attached hydrogens (primary N) is 1. The summed E-state index contributed by atoms with van der Waals surface area (Å²) in [4.78, 5) is 4.10. The van der Waals surface area contributed by atoms with Gasteiger partial charge in [0.05, 0.1) is 0 Å². The third-order valence-corrected chi connectivity index (χ3v) is 1.48. The molecule has 3 nitrogen and oxygen atoms in total. The molecule has 0 aliphatic heterocycles. The Morgan fingerprint density at radius 2 is 2.15 bits per heavy atom. The van der Waals surface area contributed by atoms with Crippen LogP contribution in [-0.4, -0.2) is 17.1 Å². The van der Waals surface area contributed by atoms with Crippen LogP contribution in [0.4, 0.5) is 0 Å². The van der Waals surface area contributed by atoms with Crippen molar-refractivity contribution in [1.82, 2.24) is 4.98 Å². The normalized spacial score (nSPS) is 11.4. The maximum Gasteiger partial charge on any atom is 0.213 e. The zero-order chi connectivity index (χ0) is 9.90. The van der Waals surface area contributed by atoms with Crippen LogP contribution >= 0.6 is 0 Å². The highest BCUT2D eigenvalue weighted by atomic mass is 16.5. The van der Waals surface area contributed by atoms with Crippen molar-refractivity contribution in [3.8, 4) is 5.88 Å². The van der Waals surface area contributed by atoms with Crippen LogP contribution in [0.3, 0.4) is 0 Å². The van der Waals surface area contributed by atoms with E-state index in [4.69, 9.17) is 10.5 Å². The highest BCUT2D eigenvalue weighted by molar-refractivity contribution is 5.16. The van der Waals surface area contributed by atoms with Gasteiger partial charge in [-0.3, -0.25) is 0 Å². The third-order valence-electron chi connectivity index (χ3n) is 1.48. The summed E-state index contributed by atoms with van der Waals surface area (Å²) in [6.07, 6.45) is 1.78. The Morgan fingerprint density at radius 3 is 2.62 bits per heavy atom. The summed E-state index contributed by atoms with van der Waals surface area (Å²) in [5, 5.41) is 0. The van der Waals surface area contributed by atoms with Gasteiger partial charge < -0.3 is 10.5 Å². The lowest BCUT2D eigenvalue weighted by atomic mass is 10.1. The van der Waals surface area contributed by atoms with Crippen LogP contribution in [0.1, 0.15) is 19.4 Å². The van der Waals surface area contributed by atoms with E-state index in [-0.39, 0.29) is 5.54 Å². The second kappa shape index (κ2) is 3.75. The van der Waals surface area contributed by atoms with Gasteiger partial charge in [0.1, 0.15) is 6.61 Å². The second-order valence-electron chi connectivity index (χ2n) is 3.95. The molecule has 1 aromatic heterocycles. The van der Waals surface area contributed by atoms with Crippen LogP contribution in [0.25, 0.3) is 0 Å². The number of nitrogens with zero attached hydrogens (tertiary/aromatic N) is 1. The second-order valence-corrected chi connectivity index (χ2v) is 3.95. The Balaban J connectivity index is 2.51. The lowest BCUT2D eigenvalue weighted by Crippen LogP contribution is -2.38. The molecular formula is C10H16N2O. The van der Waals surface area contributed by atoms with Crippen LogP contribution in [0, 0.1) is 6.92 Å². The molecule has 1 heterocycles. The van der Waals surface area contributed by atoms with Gasteiger partial charge in [-0.05, 0) is 26.3 Å². The Labute approximate surface area is 78.9 Å². The van der Waals surface area contributed by atoms with Crippen molar-refractivity contribution in [2.45, 2.75) is 26.3 Å². The minimum atomic E-state index is -0.313. The first-order chi connectivity index (χ1) is 5.97. The summed E-state index contributed by atoms with van der Waals surface area (Å²) in [6.45, 7) is 6.30. The van der Waals surface area contributed by atoms with Gasteiger partial charge in [-0.25, -0.2) is 4.98 Å². The maximum absolute atomic E-state index is 5.76. The van der Waals surface area contributed by atoms with Crippen molar-refractivity contribution in [3.05, 3.63) is 23.9 Å². The lowest BCUT2D eigenvalue weighted by molar-refractivity contribution is 0.235. The molecule has 1 aromatic rings. The number of aryl methyl sites for hydroxylation is 1. The van der Waals surface area contributed by atoms with Crippen molar-refractivity contribution < 1.29 is 4.74 Å². The van der Waals surface area contributed by atoms with Gasteiger partial charge >= 0.3 is 0 Å². The van der Waals surface area contributed by atoms with E-state index < -0.39 is 0 Å². The molecule has 0 spiro atoms. The van der Waals surface area contributed by atoms with E-state index in [0.717, 1.165) is 5.56 Å². The molecule has 0 saturated heterocycles. The zero-order valence-corrected chi connectivity index (χ0v) is 8.37. The molecule has 3 heteroatoms. The molecule has 1 rings (SSSR count). The fraction of sp³-hybridized carbons (Fsp3) is 0.500. The first-order valence-corrected chi connectivity index (χ1v) is 4.32. The average Bonchev–Trinajstić information content (AvgIpc) is 2.02. The largest absolute Gasteiger partial charge is 0.476 e. The lowest BCUT2D eigenvalue weighted by Gasteiger charge is -2.18. The summed E-state index contributed by atoms with van der Waals surface area (Å²) < 4.78 is 5.39. The topological polar surface area (TPSA) is 48.1 Å². The SMILES string of the molecule is Cc1ccc(OCC(C)(C)N)nc1. The van der Waals surface area contributed by atoms with E-state index in [9.17, 15) is 0 Å². The molecule has 72 valence electrons. The molecule has 0 amide bonds. The summed E-state index contributed by atoms with van der Waals surface area (Å²) in [6, 6.07) is 3.81. The fourth-order valence-corrected chi connectivity index (χ4v) is 0.800. The van der Waals surface area contributed by atoms with Crippen molar-refractivity contribution in [2.24, 2.45) is 5.73 Å². The summed E-state index contributed by atoms with van der Waals surface area (Å²) in [5.74, 6) is 0.629. The predicted octanol–water partition coefficient (Wildman–Crippen LogP) is 1.51. The van der Waals surface area contributed by atoms with Gasteiger partial charge in [0.2, 0.25) is 5.88 Å². The summed E-state index contributed by atoms with van der Waals surface area (Å²) in [7, 11) is 0. The molecular weight excluding hydrogens is 164 g/mol. The highest BCUT2D eigenvalue weighted by Gasteiger charge is 2.11. The van der Waals surface area contributed by atoms with E-state index in [2.05, 4.69) is 4.98 Å². The van der Waals surface area contributed by atoms with E-state index in [0.29, 0.717) is 12.5 Å². The van der Waals surface area contributed by atoms with Gasteiger partial charge in [-0.2, -0.15) is 0 Å². The van der Waals surface area contributed by atoms with E-state index in [1.165, 1.54) is 0 Å². The van der Waals surface area contributed by atoms with Gasteiger partial charge in [0.25, 0.3) is 0 Å². The first kappa shape index (κ1) is 9.99. The first-order valence-electron chi connectivity index (χ1n) is 4.32. The monoisotopic (exact) mass is 180 g/mol. The maximum atomic E-state index is 5.76. The van der Waals surface area contributed by atoms with E-state index in [1.54, 1.807) is 6.20 Å². The Kier molecular flexibility index (Phi) is 2.88. The molecule has 2 N–H and O–H groups in total.